The van der Waals surface area contributed by atoms with Crippen molar-refractivity contribution in [3.8, 4) is 23.3 Å². The lowest BCUT2D eigenvalue weighted by atomic mass is 9.81. The van der Waals surface area contributed by atoms with Gasteiger partial charge < -0.3 is 9.80 Å². The van der Waals surface area contributed by atoms with Crippen molar-refractivity contribution < 1.29 is 0 Å². The van der Waals surface area contributed by atoms with Crippen LogP contribution in [0.25, 0.3) is 11.1 Å². The number of nitriles is 2. The number of fused-ring (bicyclic) bond motifs is 6. The van der Waals surface area contributed by atoms with Crippen molar-refractivity contribution >= 4 is 22.7 Å². The molecule has 0 saturated carbocycles. The summed E-state index contributed by atoms with van der Waals surface area (Å²) >= 11 is 0. The molecule has 5 aliphatic rings. The second-order valence-corrected chi connectivity index (χ2v) is 14.7. The molecule has 54 heavy (non-hydrogen) atoms. The first-order valence-electron chi connectivity index (χ1n) is 18.7. The van der Waals surface area contributed by atoms with Gasteiger partial charge in [0.15, 0.2) is 0 Å². The van der Waals surface area contributed by atoms with E-state index in [1.807, 2.05) is 42.5 Å². The summed E-state index contributed by atoms with van der Waals surface area (Å²) in [5.41, 5.74) is 16.3. The van der Waals surface area contributed by atoms with Gasteiger partial charge in [0.2, 0.25) is 0 Å². The number of rotatable bonds is 5. The highest BCUT2D eigenvalue weighted by Gasteiger charge is 2.39. The fraction of sp³-hybridized carbons (Fsp3) is 0.120. The lowest BCUT2D eigenvalue weighted by molar-refractivity contribution is 0.743. The smallest absolute Gasteiger partial charge is 0.0992 e. The zero-order chi connectivity index (χ0) is 36.2. The average molecular weight is 693 g/mol. The molecule has 0 spiro atoms. The minimum Gasteiger partial charge on any atom is -0.333 e. The van der Waals surface area contributed by atoms with Crippen LogP contribution in [-0.2, 0) is 0 Å². The van der Waals surface area contributed by atoms with Gasteiger partial charge in [-0.15, -0.1) is 0 Å². The van der Waals surface area contributed by atoms with Gasteiger partial charge in [0.1, 0.15) is 0 Å². The van der Waals surface area contributed by atoms with Crippen LogP contribution >= 0.6 is 0 Å². The van der Waals surface area contributed by atoms with Crippen LogP contribution in [0.1, 0.15) is 58.4 Å². The van der Waals surface area contributed by atoms with Crippen molar-refractivity contribution in [2.24, 2.45) is 0 Å². The molecule has 0 bridgehead atoms. The molecular weight excluding hydrogens is 657 g/mol. The summed E-state index contributed by atoms with van der Waals surface area (Å²) in [4.78, 5) is 4.82. The minimum absolute atomic E-state index is 0.216. The average Bonchev–Trinajstić information content (AvgIpc) is 3.76. The van der Waals surface area contributed by atoms with Crippen LogP contribution in [0.15, 0.2) is 187 Å². The fourth-order valence-corrected chi connectivity index (χ4v) is 9.11. The molecule has 256 valence electrons. The predicted octanol–water partition coefficient (Wildman–Crippen LogP) is 11.9. The van der Waals surface area contributed by atoms with Gasteiger partial charge in [-0.05, 0) is 112 Å². The molecule has 4 heteroatoms. The highest BCUT2D eigenvalue weighted by Crippen LogP contribution is 2.53. The highest BCUT2D eigenvalue weighted by molar-refractivity contribution is 5.81. The van der Waals surface area contributed by atoms with E-state index in [0.29, 0.717) is 17.0 Å². The van der Waals surface area contributed by atoms with E-state index < -0.39 is 0 Å². The summed E-state index contributed by atoms with van der Waals surface area (Å²) < 4.78 is 0. The maximum absolute atomic E-state index is 9.58. The number of nitrogens with zero attached hydrogens (tertiary/aromatic N) is 4. The molecule has 5 aromatic rings. The Bertz CT molecular complexity index is 2620. The monoisotopic (exact) mass is 692 g/mol. The number of allylic oxidation sites excluding steroid dienone is 10. The second kappa shape index (κ2) is 13.0. The SMILES string of the molecule is N#Cc1ccc(-c2cccc(N3c4ccc(C5C=CC(C6=CC=C7C(C6)c6ccccc6N7c6cccc(C#N)c6)=CC5)cc4C4C=CC=CC43)c2)cc1. The van der Waals surface area contributed by atoms with Crippen molar-refractivity contribution in [1.29, 1.82) is 10.5 Å². The zero-order valence-electron chi connectivity index (χ0n) is 29.7. The Hall–Kier alpha value is -6.88. The van der Waals surface area contributed by atoms with Gasteiger partial charge in [-0.1, -0.05) is 109 Å². The summed E-state index contributed by atoms with van der Waals surface area (Å²) in [5.74, 6) is 0.876. The lowest BCUT2D eigenvalue weighted by Gasteiger charge is -2.29. The van der Waals surface area contributed by atoms with Crippen LogP contribution in [0.5, 0.6) is 0 Å². The molecule has 2 heterocycles. The molecule has 0 fully saturated rings. The quantitative estimate of drug-likeness (QED) is 0.184. The molecule has 0 saturated heterocycles. The van der Waals surface area contributed by atoms with E-state index in [1.54, 1.807) is 0 Å². The van der Waals surface area contributed by atoms with Crippen LogP contribution in [0.2, 0.25) is 0 Å². The number of benzene rings is 5. The zero-order valence-corrected chi connectivity index (χ0v) is 29.7. The van der Waals surface area contributed by atoms with Gasteiger partial charge in [0, 0.05) is 46.2 Å². The Balaban J connectivity index is 0.914. The van der Waals surface area contributed by atoms with E-state index in [-0.39, 0.29) is 17.9 Å². The normalized spacial score (nSPS) is 21.6. The van der Waals surface area contributed by atoms with Crippen molar-refractivity contribution in [2.75, 3.05) is 9.80 Å². The molecule has 0 N–H and O–H groups in total. The molecule has 0 amide bonds. The molecule has 0 aromatic heterocycles. The highest BCUT2D eigenvalue weighted by atomic mass is 15.2. The van der Waals surface area contributed by atoms with Crippen molar-refractivity contribution in [1.82, 2.24) is 0 Å². The van der Waals surface area contributed by atoms with E-state index in [0.717, 1.165) is 29.7 Å². The van der Waals surface area contributed by atoms with Gasteiger partial charge in [-0.2, -0.15) is 10.5 Å². The standard InChI is InChI=1S/C50H36N4/c51-31-33-15-17-35(18-16-33)38-8-6-10-42(28-38)54-48-14-4-2-12-44(48)46-30-40(24-26-50(46)54)37-21-19-36(20-22-37)39-23-25-49-45(29-39)43-11-1-3-13-47(43)53(49)41-9-5-7-34(27-41)32-52/h1-21,23-28,30,37,44-45,48H,22,29H2. The van der Waals surface area contributed by atoms with Crippen molar-refractivity contribution in [3.63, 3.8) is 0 Å². The third-order valence-corrected chi connectivity index (χ3v) is 11.7. The Kier molecular flexibility index (Phi) is 7.64. The Morgan fingerprint density at radius 1 is 0.630 bits per heavy atom. The summed E-state index contributed by atoms with van der Waals surface area (Å²) in [6, 6.07) is 45.1. The number of hydrogen-bond acceptors (Lipinski definition) is 4. The van der Waals surface area contributed by atoms with Crippen molar-refractivity contribution in [2.45, 2.75) is 36.6 Å². The molecule has 3 aliphatic carbocycles. The predicted molar refractivity (Wildman–Crippen MR) is 218 cm³/mol. The van der Waals surface area contributed by atoms with Crippen LogP contribution in [0.4, 0.5) is 22.7 Å². The van der Waals surface area contributed by atoms with Gasteiger partial charge in [0.25, 0.3) is 0 Å². The summed E-state index contributed by atoms with van der Waals surface area (Å²) in [7, 11) is 0. The molecule has 10 rings (SSSR count). The minimum atomic E-state index is 0.216. The van der Waals surface area contributed by atoms with Crippen LogP contribution in [0.3, 0.4) is 0 Å². The number of hydrogen-bond donors (Lipinski definition) is 0. The van der Waals surface area contributed by atoms with Crippen molar-refractivity contribution in [3.05, 3.63) is 215 Å². The maximum Gasteiger partial charge on any atom is 0.0992 e. The van der Waals surface area contributed by atoms with Crippen LogP contribution in [0, 0.1) is 22.7 Å². The van der Waals surface area contributed by atoms with Gasteiger partial charge >= 0.3 is 0 Å². The molecule has 2 aliphatic heterocycles. The van der Waals surface area contributed by atoms with E-state index in [9.17, 15) is 10.5 Å². The largest absolute Gasteiger partial charge is 0.333 e. The molecule has 4 nitrogen and oxygen atoms in total. The van der Waals surface area contributed by atoms with E-state index in [2.05, 4.69) is 149 Å². The topological polar surface area (TPSA) is 54.1 Å². The Morgan fingerprint density at radius 2 is 1.46 bits per heavy atom. The summed E-state index contributed by atoms with van der Waals surface area (Å²) in [5, 5.41) is 18.9. The van der Waals surface area contributed by atoms with E-state index in [4.69, 9.17) is 0 Å². The first-order valence-corrected chi connectivity index (χ1v) is 18.7. The van der Waals surface area contributed by atoms with Gasteiger partial charge in [-0.3, -0.25) is 0 Å². The Labute approximate surface area is 316 Å². The summed E-state index contributed by atoms with van der Waals surface area (Å²) in [6.45, 7) is 0. The molecule has 4 atom stereocenters. The second-order valence-electron chi connectivity index (χ2n) is 14.7. The third-order valence-electron chi connectivity index (χ3n) is 11.7. The number of anilines is 4. The number of para-hydroxylation sites is 1. The maximum atomic E-state index is 9.58. The van der Waals surface area contributed by atoms with Crippen LogP contribution in [-0.4, -0.2) is 6.04 Å². The molecule has 5 aromatic carbocycles. The van der Waals surface area contributed by atoms with E-state index >= 15 is 0 Å². The van der Waals surface area contributed by atoms with E-state index in [1.165, 1.54) is 50.6 Å². The first-order chi connectivity index (χ1) is 26.7. The molecular formula is C50H36N4. The van der Waals surface area contributed by atoms with Gasteiger partial charge in [0.05, 0.1) is 29.3 Å². The van der Waals surface area contributed by atoms with Crippen LogP contribution < -0.4 is 9.80 Å². The third kappa shape index (κ3) is 5.27. The molecule has 4 unspecified atom stereocenters. The van der Waals surface area contributed by atoms with Gasteiger partial charge in [-0.25, -0.2) is 0 Å². The molecule has 0 radical (unpaired) electrons. The Morgan fingerprint density at radius 3 is 2.31 bits per heavy atom. The fourth-order valence-electron chi connectivity index (χ4n) is 9.11. The first kappa shape index (κ1) is 31.8. The lowest BCUT2D eigenvalue weighted by Crippen LogP contribution is -2.28. The summed E-state index contributed by atoms with van der Waals surface area (Å²) in [6.07, 6.45) is 22.7.